The Morgan fingerprint density at radius 1 is 1.09 bits per heavy atom. The van der Waals surface area contributed by atoms with Crippen molar-refractivity contribution in [3.63, 3.8) is 0 Å². The quantitative estimate of drug-likeness (QED) is 0.440. The number of aromatic nitrogens is 3. The fourth-order valence-electron chi connectivity index (χ4n) is 4.00. The van der Waals surface area contributed by atoms with Gasteiger partial charge < -0.3 is 9.64 Å². The molecule has 4 rings (SSSR count). The molecule has 1 aromatic carbocycles. The van der Waals surface area contributed by atoms with E-state index >= 15 is 0 Å². The summed E-state index contributed by atoms with van der Waals surface area (Å²) in [6.45, 7) is 3.03. The second-order valence-corrected chi connectivity index (χ2v) is 8.80. The van der Waals surface area contributed by atoms with Crippen LogP contribution in [0.3, 0.4) is 0 Å². The number of methoxy groups -OCH3 is 1. The predicted octanol–water partition coefficient (Wildman–Crippen LogP) is 5.66. The molecule has 0 aliphatic carbocycles. The molecule has 34 heavy (non-hydrogen) atoms. The standard InChI is InChI=1S/C24H22ClF3N4O2/c1-23(22(33)34-2)8-11-32(12-9-23)19-14-30-20(15-3-5-16(6-4-15)24(26,27)28)21(31-19)17-7-10-29-13-18(17)25/h3-7,10,13-14H,8-9,11-12H2,1-2H3. The molecule has 1 fully saturated rings. The van der Waals surface area contributed by atoms with Gasteiger partial charge in [0.15, 0.2) is 0 Å². The molecule has 0 unspecified atom stereocenters. The van der Waals surface area contributed by atoms with Gasteiger partial charge in [0.05, 0.1) is 35.0 Å². The van der Waals surface area contributed by atoms with Crippen LogP contribution in [0.4, 0.5) is 19.0 Å². The second kappa shape index (κ2) is 9.21. The average Bonchev–Trinajstić information content (AvgIpc) is 2.83. The van der Waals surface area contributed by atoms with E-state index in [4.69, 9.17) is 21.3 Å². The first-order valence-corrected chi connectivity index (χ1v) is 11.0. The first kappa shape index (κ1) is 23.9. The smallest absolute Gasteiger partial charge is 0.416 e. The Morgan fingerprint density at radius 2 is 1.76 bits per heavy atom. The Kier molecular flexibility index (Phi) is 6.49. The summed E-state index contributed by atoms with van der Waals surface area (Å²) in [4.78, 5) is 27.5. The number of piperidine rings is 1. The summed E-state index contributed by atoms with van der Waals surface area (Å²) < 4.78 is 44.0. The minimum absolute atomic E-state index is 0.236. The molecule has 0 radical (unpaired) electrons. The SMILES string of the molecule is COC(=O)C1(C)CCN(c2cnc(-c3ccc(C(F)(F)F)cc3)c(-c3ccncc3Cl)n2)CC1. The van der Waals surface area contributed by atoms with Gasteiger partial charge in [-0.15, -0.1) is 0 Å². The van der Waals surface area contributed by atoms with Gasteiger partial charge in [0, 0.05) is 36.6 Å². The molecule has 0 bridgehead atoms. The van der Waals surface area contributed by atoms with Crippen LogP contribution < -0.4 is 4.90 Å². The van der Waals surface area contributed by atoms with Crippen molar-refractivity contribution in [3.8, 4) is 22.5 Å². The molecule has 178 valence electrons. The second-order valence-electron chi connectivity index (χ2n) is 8.40. The number of rotatable bonds is 4. The molecule has 1 aliphatic heterocycles. The Balaban J connectivity index is 1.72. The molecule has 6 nitrogen and oxygen atoms in total. The lowest BCUT2D eigenvalue weighted by molar-refractivity contribution is -0.153. The number of pyridine rings is 1. The van der Waals surface area contributed by atoms with Gasteiger partial charge in [0.1, 0.15) is 11.5 Å². The average molecular weight is 491 g/mol. The van der Waals surface area contributed by atoms with E-state index in [1.165, 1.54) is 25.4 Å². The summed E-state index contributed by atoms with van der Waals surface area (Å²) in [6, 6.07) is 6.46. The normalized spacial score (nSPS) is 15.8. The van der Waals surface area contributed by atoms with E-state index in [1.807, 2.05) is 11.8 Å². The number of benzene rings is 1. The van der Waals surface area contributed by atoms with Crippen molar-refractivity contribution in [2.24, 2.45) is 5.41 Å². The molecule has 10 heteroatoms. The number of anilines is 1. The lowest BCUT2D eigenvalue weighted by atomic mass is 9.80. The number of hydrogen-bond acceptors (Lipinski definition) is 6. The molecule has 0 N–H and O–H groups in total. The van der Waals surface area contributed by atoms with E-state index < -0.39 is 17.2 Å². The summed E-state index contributed by atoms with van der Waals surface area (Å²) >= 11 is 6.39. The fourth-order valence-corrected chi connectivity index (χ4v) is 4.20. The number of alkyl halides is 3. The molecular formula is C24H22ClF3N4O2. The molecule has 0 saturated carbocycles. The van der Waals surface area contributed by atoms with Crippen molar-refractivity contribution in [1.82, 2.24) is 15.0 Å². The lowest BCUT2D eigenvalue weighted by Crippen LogP contribution is -2.43. The van der Waals surface area contributed by atoms with Crippen LogP contribution in [0.25, 0.3) is 22.5 Å². The van der Waals surface area contributed by atoms with Crippen LogP contribution in [0.2, 0.25) is 5.02 Å². The Labute approximate surface area is 199 Å². The lowest BCUT2D eigenvalue weighted by Gasteiger charge is -2.37. The van der Waals surface area contributed by atoms with Gasteiger partial charge in [-0.2, -0.15) is 13.2 Å². The number of halogens is 4. The topological polar surface area (TPSA) is 68.2 Å². The van der Waals surface area contributed by atoms with Crippen LogP contribution in [0.1, 0.15) is 25.3 Å². The Bertz CT molecular complexity index is 1190. The molecule has 3 aromatic rings. The van der Waals surface area contributed by atoms with Crippen LogP contribution >= 0.6 is 11.6 Å². The van der Waals surface area contributed by atoms with Crippen LogP contribution in [0, 0.1) is 5.41 Å². The number of carbonyl (C=O) groups excluding carboxylic acids is 1. The van der Waals surface area contributed by atoms with Gasteiger partial charge >= 0.3 is 12.1 Å². The van der Waals surface area contributed by atoms with E-state index in [0.717, 1.165) is 12.1 Å². The predicted molar refractivity (Wildman–Crippen MR) is 122 cm³/mol. The van der Waals surface area contributed by atoms with E-state index in [0.29, 0.717) is 59.3 Å². The van der Waals surface area contributed by atoms with Crippen molar-refractivity contribution in [2.75, 3.05) is 25.1 Å². The largest absolute Gasteiger partial charge is 0.469 e. The minimum Gasteiger partial charge on any atom is -0.469 e. The zero-order valence-electron chi connectivity index (χ0n) is 18.6. The summed E-state index contributed by atoms with van der Waals surface area (Å²) in [6.07, 6.45) is 1.38. The van der Waals surface area contributed by atoms with Gasteiger partial charge in [-0.3, -0.25) is 14.8 Å². The van der Waals surface area contributed by atoms with Crippen molar-refractivity contribution in [3.05, 3.63) is 59.5 Å². The van der Waals surface area contributed by atoms with E-state index in [-0.39, 0.29) is 5.97 Å². The number of hydrogen-bond donors (Lipinski definition) is 0. The summed E-state index contributed by atoms with van der Waals surface area (Å²) in [5.74, 6) is 0.352. The molecule has 2 aromatic heterocycles. The Hall–Kier alpha value is -3.20. The van der Waals surface area contributed by atoms with Crippen LogP contribution in [0.5, 0.6) is 0 Å². The fraction of sp³-hybridized carbons (Fsp3) is 0.333. The summed E-state index contributed by atoms with van der Waals surface area (Å²) in [5, 5.41) is 0.346. The number of esters is 1. The molecule has 0 atom stereocenters. The maximum Gasteiger partial charge on any atom is 0.416 e. The highest BCUT2D eigenvalue weighted by Crippen LogP contribution is 2.38. The molecular weight excluding hydrogens is 469 g/mol. The molecule has 3 heterocycles. The van der Waals surface area contributed by atoms with Gasteiger partial charge in [-0.05, 0) is 38.0 Å². The molecule has 0 spiro atoms. The summed E-state index contributed by atoms with van der Waals surface area (Å²) in [5.41, 5.74) is 0.583. The Morgan fingerprint density at radius 3 is 2.35 bits per heavy atom. The first-order valence-electron chi connectivity index (χ1n) is 10.6. The molecule has 1 aliphatic rings. The first-order chi connectivity index (χ1) is 16.1. The van der Waals surface area contributed by atoms with Gasteiger partial charge in [0.2, 0.25) is 0 Å². The summed E-state index contributed by atoms with van der Waals surface area (Å²) in [7, 11) is 1.39. The molecule has 0 amide bonds. The van der Waals surface area contributed by atoms with E-state index in [1.54, 1.807) is 18.5 Å². The van der Waals surface area contributed by atoms with Crippen LogP contribution in [-0.2, 0) is 15.7 Å². The number of carbonyl (C=O) groups is 1. The van der Waals surface area contributed by atoms with E-state index in [2.05, 4.69) is 9.97 Å². The van der Waals surface area contributed by atoms with Gasteiger partial charge in [0.25, 0.3) is 0 Å². The van der Waals surface area contributed by atoms with Gasteiger partial charge in [-0.25, -0.2) is 4.98 Å². The van der Waals surface area contributed by atoms with Crippen LogP contribution in [-0.4, -0.2) is 41.1 Å². The van der Waals surface area contributed by atoms with Gasteiger partial charge in [-0.1, -0.05) is 23.7 Å². The van der Waals surface area contributed by atoms with Crippen molar-refractivity contribution in [2.45, 2.75) is 25.9 Å². The highest BCUT2D eigenvalue weighted by molar-refractivity contribution is 6.33. The molecule has 1 saturated heterocycles. The monoisotopic (exact) mass is 490 g/mol. The highest BCUT2D eigenvalue weighted by Gasteiger charge is 2.38. The van der Waals surface area contributed by atoms with Crippen LogP contribution in [0.15, 0.2) is 48.9 Å². The highest BCUT2D eigenvalue weighted by atomic mass is 35.5. The third-order valence-electron chi connectivity index (χ3n) is 6.14. The minimum atomic E-state index is -4.43. The third kappa shape index (κ3) is 4.70. The maximum absolute atomic E-state index is 13.0. The third-order valence-corrected chi connectivity index (χ3v) is 6.44. The number of ether oxygens (including phenoxy) is 1. The van der Waals surface area contributed by atoms with Crippen molar-refractivity contribution in [1.29, 1.82) is 0 Å². The van der Waals surface area contributed by atoms with Crippen molar-refractivity contribution >= 4 is 23.4 Å². The number of nitrogens with zero attached hydrogens (tertiary/aromatic N) is 4. The zero-order chi connectivity index (χ0) is 24.5. The van der Waals surface area contributed by atoms with E-state index in [9.17, 15) is 18.0 Å². The maximum atomic E-state index is 13.0. The zero-order valence-corrected chi connectivity index (χ0v) is 19.3. The van der Waals surface area contributed by atoms with Crippen molar-refractivity contribution < 1.29 is 22.7 Å².